The van der Waals surface area contributed by atoms with Crippen LogP contribution in [0, 0.1) is 5.92 Å². The van der Waals surface area contributed by atoms with Crippen molar-refractivity contribution in [3.05, 3.63) is 0 Å². The van der Waals surface area contributed by atoms with E-state index in [1.807, 2.05) is 6.92 Å². The molecule has 2 unspecified atom stereocenters. The van der Waals surface area contributed by atoms with E-state index < -0.39 is 9.84 Å². The van der Waals surface area contributed by atoms with Crippen molar-refractivity contribution in [2.24, 2.45) is 10.9 Å². The maximum atomic E-state index is 11.5. The zero-order valence-electron chi connectivity index (χ0n) is 14.3. The lowest BCUT2D eigenvalue weighted by atomic mass is 9.94. The Morgan fingerprint density at radius 2 is 2.09 bits per heavy atom. The summed E-state index contributed by atoms with van der Waals surface area (Å²) in [5.41, 5.74) is -0.104. The average Bonchev–Trinajstić information content (AvgIpc) is 2.75. The Bertz CT molecular complexity index is 508. The molecule has 0 aromatic rings. The highest BCUT2D eigenvalue weighted by Gasteiger charge is 2.30. The lowest BCUT2D eigenvalue weighted by molar-refractivity contribution is -0.0605. The van der Waals surface area contributed by atoms with E-state index in [1.54, 1.807) is 0 Å². The molecule has 0 aromatic carbocycles. The van der Waals surface area contributed by atoms with Gasteiger partial charge in [0.1, 0.15) is 0 Å². The normalized spacial score (nSPS) is 29.6. The molecule has 2 heterocycles. The third kappa shape index (κ3) is 7.13. The highest BCUT2D eigenvalue weighted by atomic mass is 127. The van der Waals surface area contributed by atoms with Gasteiger partial charge in [-0.1, -0.05) is 0 Å². The Morgan fingerprint density at radius 3 is 2.65 bits per heavy atom. The van der Waals surface area contributed by atoms with Crippen LogP contribution in [0.1, 0.15) is 40.0 Å². The number of ether oxygens (including phenoxy) is 1. The molecule has 2 saturated heterocycles. The average molecular weight is 459 g/mol. The minimum Gasteiger partial charge on any atom is -0.375 e. The molecule has 2 aliphatic heterocycles. The molecule has 2 rings (SSSR count). The van der Waals surface area contributed by atoms with Gasteiger partial charge in [-0.05, 0) is 46.0 Å². The molecule has 0 radical (unpaired) electrons. The van der Waals surface area contributed by atoms with Gasteiger partial charge < -0.3 is 15.4 Å². The van der Waals surface area contributed by atoms with Crippen molar-refractivity contribution in [3.63, 3.8) is 0 Å². The summed E-state index contributed by atoms with van der Waals surface area (Å²) in [6, 6.07) is 0.342. The van der Waals surface area contributed by atoms with Gasteiger partial charge in [0.2, 0.25) is 0 Å². The number of nitrogens with zero attached hydrogens (tertiary/aromatic N) is 1. The molecule has 0 spiro atoms. The standard InChI is InChI=1S/C15H29N3O3S.HI/c1-4-16-14(17-10-12-6-8-22(19,20)11-12)18-13-5-7-21-15(2,3)9-13;/h12-13H,4-11H2,1-3H3,(H2,16,17,18);1H. The Kier molecular flexibility index (Phi) is 8.06. The summed E-state index contributed by atoms with van der Waals surface area (Å²) in [5.74, 6) is 1.53. The van der Waals surface area contributed by atoms with E-state index in [2.05, 4.69) is 29.5 Å². The van der Waals surface area contributed by atoms with Crippen molar-refractivity contribution in [2.75, 3.05) is 31.2 Å². The fourth-order valence-electron chi connectivity index (χ4n) is 3.10. The first-order valence-corrected chi connectivity index (χ1v) is 10.0. The predicted molar refractivity (Wildman–Crippen MR) is 104 cm³/mol. The van der Waals surface area contributed by atoms with E-state index >= 15 is 0 Å². The van der Waals surface area contributed by atoms with Gasteiger partial charge in [0.25, 0.3) is 0 Å². The molecule has 0 bridgehead atoms. The minimum atomic E-state index is -2.82. The van der Waals surface area contributed by atoms with E-state index in [0.29, 0.717) is 18.3 Å². The van der Waals surface area contributed by atoms with Crippen LogP contribution in [0.25, 0.3) is 0 Å². The van der Waals surface area contributed by atoms with E-state index in [9.17, 15) is 8.42 Å². The second-order valence-corrected chi connectivity index (χ2v) is 9.16. The molecule has 0 amide bonds. The zero-order chi connectivity index (χ0) is 16.2. The van der Waals surface area contributed by atoms with E-state index in [1.165, 1.54) is 0 Å². The van der Waals surface area contributed by atoms with Crippen LogP contribution in [0.2, 0.25) is 0 Å². The summed E-state index contributed by atoms with van der Waals surface area (Å²) in [6.07, 6.45) is 2.64. The fourth-order valence-corrected chi connectivity index (χ4v) is 4.95. The largest absolute Gasteiger partial charge is 0.375 e. The van der Waals surface area contributed by atoms with Crippen LogP contribution in [0.4, 0.5) is 0 Å². The number of nitrogens with one attached hydrogen (secondary N) is 2. The maximum Gasteiger partial charge on any atom is 0.191 e. The third-order valence-corrected chi connectivity index (χ3v) is 6.05. The lowest BCUT2D eigenvalue weighted by Gasteiger charge is -2.36. The van der Waals surface area contributed by atoms with Crippen LogP contribution in [0.3, 0.4) is 0 Å². The Labute approximate surface area is 157 Å². The molecule has 0 aliphatic carbocycles. The molecular weight excluding hydrogens is 429 g/mol. The van der Waals surface area contributed by atoms with Gasteiger partial charge in [0, 0.05) is 25.7 Å². The molecule has 2 atom stereocenters. The molecule has 8 heteroatoms. The van der Waals surface area contributed by atoms with Gasteiger partial charge in [-0.15, -0.1) is 24.0 Å². The Hall–Kier alpha value is -0.0900. The van der Waals surface area contributed by atoms with Crippen LogP contribution in [-0.2, 0) is 14.6 Å². The van der Waals surface area contributed by atoms with E-state index in [4.69, 9.17) is 4.74 Å². The molecule has 2 aliphatic rings. The molecule has 0 aromatic heterocycles. The van der Waals surface area contributed by atoms with Crippen molar-refractivity contribution in [2.45, 2.75) is 51.7 Å². The van der Waals surface area contributed by atoms with Gasteiger partial charge in [-0.25, -0.2) is 8.42 Å². The third-order valence-electron chi connectivity index (χ3n) is 4.22. The SMILES string of the molecule is CCNC(=NCC1CCS(=O)(=O)C1)NC1CCOC(C)(C)C1.I. The first-order valence-electron chi connectivity index (χ1n) is 8.19. The quantitative estimate of drug-likeness (QED) is 0.379. The lowest BCUT2D eigenvalue weighted by Crippen LogP contribution is -2.49. The number of sulfone groups is 1. The van der Waals surface area contributed by atoms with Crippen LogP contribution in [0.5, 0.6) is 0 Å². The Morgan fingerprint density at radius 1 is 1.35 bits per heavy atom. The van der Waals surface area contributed by atoms with Crippen LogP contribution in [0.15, 0.2) is 4.99 Å². The fraction of sp³-hybridized carbons (Fsp3) is 0.933. The predicted octanol–water partition coefficient (Wildman–Crippen LogP) is 1.55. The van der Waals surface area contributed by atoms with Crippen molar-refractivity contribution < 1.29 is 13.2 Å². The molecule has 2 N–H and O–H groups in total. The van der Waals surface area contributed by atoms with Crippen LogP contribution < -0.4 is 10.6 Å². The number of halogens is 1. The number of rotatable bonds is 4. The number of guanidine groups is 1. The number of hydrogen-bond acceptors (Lipinski definition) is 4. The van der Waals surface area contributed by atoms with E-state index in [-0.39, 0.29) is 41.2 Å². The summed E-state index contributed by atoms with van der Waals surface area (Å²) in [5, 5.41) is 6.72. The van der Waals surface area contributed by atoms with Crippen molar-refractivity contribution in [1.29, 1.82) is 0 Å². The second kappa shape index (κ2) is 8.84. The first-order chi connectivity index (χ1) is 10.3. The van der Waals surface area contributed by atoms with E-state index in [0.717, 1.165) is 38.4 Å². The Balaban J connectivity index is 0.00000264. The minimum absolute atomic E-state index is 0. The van der Waals surface area contributed by atoms with Gasteiger partial charge >= 0.3 is 0 Å². The highest BCUT2D eigenvalue weighted by Crippen LogP contribution is 2.24. The summed E-state index contributed by atoms with van der Waals surface area (Å²) in [6.45, 7) is 8.36. The van der Waals surface area contributed by atoms with Gasteiger partial charge in [0.15, 0.2) is 15.8 Å². The summed E-state index contributed by atoms with van der Waals surface area (Å²) >= 11 is 0. The molecule has 6 nitrogen and oxygen atoms in total. The highest BCUT2D eigenvalue weighted by molar-refractivity contribution is 14.0. The first kappa shape index (κ1) is 21.0. The number of aliphatic imine (C=N–C) groups is 1. The monoisotopic (exact) mass is 459 g/mol. The summed E-state index contributed by atoms with van der Waals surface area (Å²) in [4.78, 5) is 4.59. The van der Waals surface area contributed by atoms with Crippen molar-refractivity contribution >= 4 is 39.8 Å². The molecule has 136 valence electrons. The topological polar surface area (TPSA) is 79.8 Å². The van der Waals surface area contributed by atoms with Crippen molar-refractivity contribution in [1.82, 2.24) is 10.6 Å². The van der Waals surface area contributed by atoms with Crippen LogP contribution in [-0.4, -0.2) is 57.2 Å². The molecule has 23 heavy (non-hydrogen) atoms. The summed E-state index contributed by atoms with van der Waals surface area (Å²) in [7, 11) is -2.82. The molecular formula is C15H30IN3O3S. The maximum absolute atomic E-state index is 11.5. The van der Waals surface area contributed by atoms with Crippen LogP contribution >= 0.6 is 24.0 Å². The van der Waals surface area contributed by atoms with Crippen molar-refractivity contribution in [3.8, 4) is 0 Å². The van der Waals surface area contributed by atoms with Gasteiger partial charge in [-0.3, -0.25) is 4.99 Å². The van der Waals surface area contributed by atoms with Gasteiger partial charge in [-0.2, -0.15) is 0 Å². The molecule has 0 saturated carbocycles. The van der Waals surface area contributed by atoms with Gasteiger partial charge in [0.05, 0.1) is 17.1 Å². The number of hydrogen-bond donors (Lipinski definition) is 2. The summed E-state index contributed by atoms with van der Waals surface area (Å²) < 4.78 is 28.7. The molecule has 2 fully saturated rings. The zero-order valence-corrected chi connectivity index (χ0v) is 17.4. The second-order valence-electron chi connectivity index (χ2n) is 6.93. The smallest absolute Gasteiger partial charge is 0.191 e.